The largest absolute Gasteiger partial charge is 0.260 e. The first kappa shape index (κ1) is 13.4. The number of allylic oxidation sites excluding steroid dienone is 2. The molecule has 2 unspecified atom stereocenters. The molecule has 0 spiro atoms. The molecule has 0 N–H and O–H groups in total. The van der Waals surface area contributed by atoms with E-state index in [0.717, 1.165) is 24.3 Å². The molecule has 0 aliphatic carbocycles. The van der Waals surface area contributed by atoms with E-state index in [4.69, 9.17) is 4.99 Å². The van der Waals surface area contributed by atoms with Crippen molar-refractivity contribution in [2.45, 2.75) is 24.0 Å². The van der Waals surface area contributed by atoms with Gasteiger partial charge in [0, 0.05) is 22.3 Å². The van der Waals surface area contributed by atoms with Gasteiger partial charge in [-0.3, -0.25) is 4.99 Å². The summed E-state index contributed by atoms with van der Waals surface area (Å²) in [5.74, 6) is 2.48. The summed E-state index contributed by atoms with van der Waals surface area (Å²) in [5.41, 5.74) is 3.85. The van der Waals surface area contributed by atoms with Crippen molar-refractivity contribution < 1.29 is 4.39 Å². The van der Waals surface area contributed by atoms with Crippen molar-refractivity contribution in [3.05, 3.63) is 44.7 Å². The van der Waals surface area contributed by atoms with Gasteiger partial charge in [0.25, 0.3) is 0 Å². The summed E-state index contributed by atoms with van der Waals surface area (Å²) in [5, 5.41) is 0.455. The van der Waals surface area contributed by atoms with E-state index >= 15 is 0 Å². The van der Waals surface area contributed by atoms with Crippen molar-refractivity contribution in [3.8, 4) is 0 Å². The number of benzene rings is 1. The zero-order chi connectivity index (χ0) is 13.7. The Bertz CT molecular complexity index is 641. The van der Waals surface area contributed by atoms with Gasteiger partial charge in [-0.25, -0.2) is 4.39 Å². The Kier molecular flexibility index (Phi) is 3.47. The first-order chi connectivity index (χ1) is 9.74. The van der Waals surface area contributed by atoms with Crippen molar-refractivity contribution >= 4 is 45.2 Å². The minimum atomic E-state index is -0.189. The van der Waals surface area contributed by atoms with Crippen LogP contribution in [0.15, 0.2) is 38.3 Å². The Labute approximate surface area is 134 Å². The van der Waals surface area contributed by atoms with Gasteiger partial charge in [0.15, 0.2) is 0 Å². The molecule has 20 heavy (non-hydrogen) atoms. The van der Waals surface area contributed by atoms with Gasteiger partial charge in [-0.2, -0.15) is 11.8 Å². The lowest BCUT2D eigenvalue weighted by molar-refractivity contribution is 0.619. The zero-order valence-corrected chi connectivity index (χ0v) is 14.0. The predicted molar refractivity (Wildman–Crippen MR) is 89.2 cm³/mol. The number of hydrogen-bond acceptors (Lipinski definition) is 3. The number of hydrogen-bond donors (Lipinski definition) is 0. The molecule has 2 atom stereocenters. The Morgan fingerprint density at radius 3 is 3.00 bits per heavy atom. The lowest BCUT2D eigenvalue weighted by Gasteiger charge is -2.29. The average molecular weight is 370 g/mol. The Morgan fingerprint density at radius 2 is 2.15 bits per heavy atom. The normalized spacial score (nSPS) is 28.4. The maximum absolute atomic E-state index is 13.5. The van der Waals surface area contributed by atoms with E-state index < -0.39 is 0 Å². The van der Waals surface area contributed by atoms with Crippen molar-refractivity contribution in [1.29, 1.82) is 0 Å². The van der Waals surface area contributed by atoms with Crippen molar-refractivity contribution in [3.63, 3.8) is 0 Å². The first-order valence-electron chi connectivity index (χ1n) is 6.74. The number of thioether (sulfide) groups is 2. The van der Waals surface area contributed by atoms with E-state index in [-0.39, 0.29) is 5.82 Å². The Balaban J connectivity index is 1.82. The molecule has 5 heteroatoms. The van der Waals surface area contributed by atoms with E-state index in [9.17, 15) is 4.39 Å². The van der Waals surface area contributed by atoms with Gasteiger partial charge < -0.3 is 0 Å². The molecular formula is C15H13BrFNS2. The van der Waals surface area contributed by atoms with Crippen molar-refractivity contribution in [2.24, 2.45) is 4.99 Å². The second kappa shape index (κ2) is 5.18. The lowest BCUT2D eigenvalue weighted by atomic mass is 9.88. The third-order valence-electron chi connectivity index (χ3n) is 4.03. The molecular weight excluding hydrogens is 357 g/mol. The standard InChI is InChI=1S/C15H13BrFNS2/c16-9-7-8(1-2-10(9)17)13-14-11(3-5-19-14)18-12-4-6-20-15(12)13/h1-2,7,13-14H,3-6H2. The molecule has 0 bridgehead atoms. The molecule has 0 saturated carbocycles. The SMILES string of the molecule is Fc1ccc(C2C3=C(CCS3)N=C3CCSC32)cc1Br. The van der Waals surface area contributed by atoms with Crippen molar-refractivity contribution in [2.75, 3.05) is 11.5 Å². The highest BCUT2D eigenvalue weighted by atomic mass is 79.9. The zero-order valence-electron chi connectivity index (χ0n) is 10.7. The average Bonchev–Trinajstić information content (AvgIpc) is 3.07. The maximum atomic E-state index is 13.5. The second-order valence-electron chi connectivity index (χ2n) is 5.21. The molecule has 1 saturated heterocycles. The van der Waals surface area contributed by atoms with Gasteiger partial charge >= 0.3 is 0 Å². The fourth-order valence-corrected chi connectivity index (χ4v) is 6.32. The third kappa shape index (κ3) is 2.09. The van der Waals surface area contributed by atoms with Crippen LogP contribution in [0.1, 0.15) is 24.3 Å². The molecule has 1 fully saturated rings. The Hall–Kier alpha value is -0.260. The highest BCUT2D eigenvalue weighted by Gasteiger charge is 2.40. The molecule has 0 amide bonds. The van der Waals surface area contributed by atoms with Gasteiger partial charge in [-0.05, 0) is 52.2 Å². The predicted octanol–water partition coefficient (Wildman–Crippen LogP) is 4.98. The summed E-state index contributed by atoms with van der Waals surface area (Å²) >= 11 is 7.26. The van der Waals surface area contributed by atoms with E-state index in [1.165, 1.54) is 21.9 Å². The summed E-state index contributed by atoms with van der Waals surface area (Å²) in [6, 6.07) is 5.46. The van der Waals surface area contributed by atoms with Crippen LogP contribution < -0.4 is 0 Å². The summed E-state index contributed by atoms with van der Waals surface area (Å²) in [6.07, 6.45) is 2.19. The Morgan fingerprint density at radius 1 is 1.25 bits per heavy atom. The fraction of sp³-hybridized carbons (Fsp3) is 0.400. The first-order valence-corrected chi connectivity index (χ1v) is 9.56. The lowest BCUT2D eigenvalue weighted by Crippen LogP contribution is -2.25. The minimum Gasteiger partial charge on any atom is -0.260 e. The molecule has 1 aromatic rings. The molecule has 3 aliphatic rings. The number of aliphatic imine (C=N–C) groups is 1. The molecule has 0 aromatic heterocycles. The highest BCUT2D eigenvalue weighted by Crippen LogP contribution is 2.52. The third-order valence-corrected chi connectivity index (χ3v) is 7.19. The number of nitrogens with zero attached hydrogens (tertiary/aromatic N) is 1. The number of fused-ring (bicyclic) bond motifs is 1. The van der Waals surface area contributed by atoms with Gasteiger partial charge in [0.2, 0.25) is 0 Å². The minimum absolute atomic E-state index is 0.189. The van der Waals surface area contributed by atoms with Crippen LogP contribution in [0.3, 0.4) is 0 Å². The molecule has 104 valence electrons. The molecule has 3 heterocycles. The summed E-state index contributed by atoms with van der Waals surface area (Å²) in [4.78, 5) is 6.31. The molecule has 1 nitrogen and oxygen atoms in total. The molecule has 1 aromatic carbocycles. The summed E-state index contributed by atoms with van der Waals surface area (Å²) in [6.45, 7) is 0. The monoisotopic (exact) mass is 369 g/mol. The topological polar surface area (TPSA) is 12.4 Å². The van der Waals surface area contributed by atoms with Gasteiger partial charge in [0.1, 0.15) is 5.82 Å². The van der Waals surface area contributed by atoms with Crippen LogP contribution in [-0.4, -0.2) is 22.5 Å². The number of rotatable bonds is 1. The van der Waals surface area contributed by atoms with Crippen LogP contribution in [0.25, 0.3) is 0 Å². The van der Waals surface area contributed by atoms with Crippen molar-refractivity contribution in [1.82, 2.24) is 0 Å². The fourth-order valence-electron chi connectivity index (χ4n) is 3.12. The number of halogens is 2. The van der Waals surface area contributed by atoms with E-state index in [0.29, 0.717) is 15.6 Å². The van der Waals surface area contributed by atoms with Crippen LogP contribution in [0.4, 0.5) is 4.39 Å². The maximum Gasteiger partial charge on any atom is 0.137 e. The molecule has 0 radical (unpaired) electrons. The van der Waals surface area contributed by atoms with Crippen LogP contribution >= 0.6 is 39.5 Å². The molecule has 4 rings (SSSR count). The smallest absolute Gasteiger partial charge is 0.137 e. The van der Waals surface area contributed by atoms with E-state index in [1.807, 2.05) is 35.7 Å². The van der Waals surface area contributed by atoms with Gasteiger partial charge in [0.05, 0.1) is 15.4 Å². The van der Waals surface area contributed by atoms with Crippen LogP contribution in [0, 0.1) is 5.82 Å². The van der Waals surface area contributed by atoms with Crippen LogP contribution in [0.5, 0.6) is 0 Å². The van der Waals surface area contributed by atoms with Gasteiger partial charge in [-0.1, -0.05) is 6.07 Å². The van der Waals surface area contributed by atoms with Crippen LogP contribution in [-0.2, 0) is 0 Å². The second-order valence-corrected chi connectivity index (χ2v) is 8.45. The quantitative estimate of drug-likeness (QED) is 0.691. The summed E-state index contributed by atoms with van der Waals surface area (Å²) in [7, 11) is 0. The van der Waals surface area contributed by atoms with E-state index in [2.05, 4.69) is 15.9 Å². The highest BCUT2D eigenvalue weighted by molar-refractivity contribution is 9.10. The van der Waals surface area contributed by atoms with Gasteiger partial charge in [-0.15, -0.1) is 11.8 Å². The molecule has 3 aliphatic heterocycles. The van der Waals surface area contributed by atoms with E-state index in [1.54, 1.807) is 6.07 Å². The van der Waals surface area contributed by atoms with Crippen LogP contribution in [0.2, 0.25) is 0 Å². The summed E-state index contributed by atoms with van der Waals surface area (Å²) < 4.78 is 14.1.